The molecule has 1 N–H and O–H groups in total. The maximum absolute atomic E-state index is 12.6. The summed E-state index contributed by atoms with van der Waals surface area (Å²) in [6.07, 6.45) is -4.74. The Morgan fingerprint density at radius 2 is 1.75 bits per heavy atom. The van der Waals surface area contributed by atoms with Crippen molar-refractivity contribution in [2.45, 2.75) is 26.3 Å². The van der Waals surface area contributed by atoms with Gasteiger partial charge in [-0.1, -0.05) is 24.3 Å². The van der Waals surface area contributed by atoms with Gasteiger partial charge in [-0.25, -0.2) is 0 Å². The summed E-state index contributed by atoms with van der Waals surface area (Å²) >= 11 is 0. The van der Waals surface area contributed by atoms with E-state index in [4.69, 9.17) is 9.47 Å². The molecule has 0 aliphatic rings. The van der Waals surface area contributed by atoms with Crippen molar-refractivity contribution in [2.75, 3.05) is 19.8 Å². The molecule has 28 heavy (non-hydrogen) atoms. The summed E-state index contributed by atoms with van der Waals surface area (Å²) in [6, 6.07) is 11.7. The van der Waals surface area contributed by atoms with E-state index in [1.807, 2.05) is 6.92 Å². The molecular weight excluding hydrogens is 375 g/mol. The number of carbonyl (C=O) groups is 1. The van der Waals surface area contributed by atoms with Crippen LogP contribution in [0.15, 0.2) is 48.5 Å². The van der Waals surface area contributed by atoms with Gasteiger partial charge >= 0.3 is 6.36 Å². The monoisotopic (exact) mass is 397 g/mol. The lowest BCUT2D eigenvalue weighted by Gasteiger charge is -2.17. The zero-order valence-electron chi connectivity index (χ0n) is 15.6. The van der Waals surface area contributed by atoms with Gasteiger partial charge in [0.15, 0.2) is 0 Å². The molecular formula is C20H22F3NO4. The van der Waals surface area contributed by atoms with Crippen molar-refractivity contribution in [2.24, 2.45) is 0 Å². The van der Waals surface area contributed by atoms with Crippen molar-refractivity contribution in [3.8, 4) is 11.5 Å². The number of nitrogens with one attached hydrogen (secondary N) is 1. The summed E-state index contributed by atoms with van der Waals surface area (Å²) in [4.78, 5) is 12.6. The van der Waals surface area contributed by atoms with Gasteiger partial charge in [0.25, 0.3) is 5.91 Å². The second-order valence-electron chi connectivity index (χ2n) is 5.85. The number of amides is 1. The molecule has 1 atom stereocenters. The third-order valence-corrected chi connectivity index (χ3v) is 3.78. The molecule has 0 bridgehead atoms. The van der Waals surface area contributed by atoms with E-state index in [0.717, 1.165) is 0 Å². The molecule has 152 valence electrons. The molecule has 0 fully saturated rings. The Hall–Kier alpha value is -2.74. The van der Waals surface area contributed by atoms with Crippen LogP contribution >= 0.6 is 0 Å². The Labute approximate surface area is 161 Å². The standard InChI is InChI=1S/C20H22F3NO4/c1-3-26-12-13-27-18-7-5-4-6-17(18)19(25)24-14(2)15-8-10-16(11-9-15)28-20(21,22)23/h4-11,14H,3,12-13H2,1-2H3,(H,24,25). The minimum absolute atomic E-state index is 0.314. The van der Waals surface area contributed by atoms with Crippen LogP contribution < -0.4 is 14.8 Å². The lowest BCUT2D eigenvalue weighted by molar-refractivity contribution is -0.274. The molecule has 0 saturated heterocycles. The summed E-state index contributed by atoms with van der Waals surface area (Å²) < 4.78 is 51.3. The maximum atomic E-state index is 12.6. The largest absolute Gasteiger partial charge is 0.573 e. The molecule has 2 rings (SSSR count). The van der Waals surface area contributed by atoms with E-state index >= 15 is 0 Å². The minimum Gasteiger partial charge on any atom is -0.490 e. The van der Waals surface area contributed by atoms with Gasteiger partial charge < -0.3 is 19.5 Å². The number of hydrogen-bond donors (Lipinski definition) is 1. The maximum Gasteiger partial charge on any atom is 0.573 e. The average molecular weight is 397 g/mol. The second kappa shape index (κ2) is 9.98. The second-order valence-corrected chi connectivity index (χ2v) is 5.85. The first-order valence-corrected chi connectivity index (χ1v) is 8.76. The molecule has 1 unspecified atom stereocenters. The first kappa shape index (κ1) is 21.6. The summed E-state index contributed by atoms with van der Waals surface area (Å²) in [5.74, 6) is -0.237. The van der Waals surface area contributed by atoms with Crippen LogP contribution in [-0.2, 0) is 4.74 Å². The SMILES string of the molecule is CCOCCOc1ccccc1C(=O)NC(C)c1ccc(OC(F)(F)F)cc1. The summed E-state index contributed by atoms with van der Waals surface area (Å²) in [5, 5.41) is 2.81. The third-order valence-electron chi connectivity index (χ3n) is 3.78. The van der Waals surface area contributed by atoms with Gasteiger partial charge in [-0.2, -0.15) is 0 Å². The highest BCUT2D eigenvalue weighted by molar-refractivity contribution is 5.97. The fourth-order valence-electron chi connectivity index (χ4n) is 2.45. The molecule has 0 radical (unpaired) electrons. The Bertz CT molecular complexity index is 763. The van der Waals surface area contributed by atoms with Crippen LogP contribution in [0.1, 0.15) is 35.8 Å². The van der Waals surface area contributed by atoms with E-state index in [0.29, 0.717) is 36.7 Å². The predicted molar refractivity (Wildman–Crippen MR) is 97.4 cm³/mol. The third kappa shape index (κ3) is 6.77. The van der Waals surface area contributed by atoms with Crippen LogP contribution in [0.25, 0.3) is 0 Å². The Kier molecular flexibility index (Phi) is 7.69. The van der Waals surface area contributed by atoms with Crippen molar-refractivity contribution < 1.29 is 32.2 Å². The van der Waals surface area contributed by atoms with Crippen LogP contribution in [0, 0.1) is 0 Å². The van der Waals surface area contributed by atoms with Crippen LogP contribution in [0.2, 0.25) is 0 Å². The quantitative estimate of drug-likeness (QED) is 0.634. The van der Waals surface area contributed by atoms with E-state index < -0.39 is 12.4 Å². The highest BCUT2D eigenvalue weighted by atomic mass is 19.4. The first-order chi connectivity index (χ1) is 13.3. The average Bonchev–Trinajstić information content (AvgIpc) is 2.64. The number of para-hydroxylation sites is 1. The van der Waals surface area contributed by atoms with Crippen molar-refractivity contribution in [3.63, 3.8) is 0 Å². The van der Waals surface area contributed by atoms with E-state index in [1.165, 1.54) is 24.3 Å². The highest BCUT2D eigenvalue weighted by Crippen LogP contribution is 2.25. The van der Waals surface area contributed by atoms with Crippen molar-refractivity contribution in [3.05, 3.63) is 59.7 Å². The molecule has 8 heteroatoms. The van der Waals surface area contributed by atoms with Crippen molar-refractivity contribution in [1.29, 1.82) is 0 Å². The molecule has 2 aromatic rings. The normalized spacial score (nSPS) is 12.3. The number of rotatable bonds is 9. The Morgan fingerprint density at radius 3 is 2.39 bits per heavy atom. The fourth-order valence-corrected chi connectivity index (χ4v) is 2.45. The minimum atomic E-state index is -4.74. The van der Waals surface area contributed by atoms with Crippen LogP contribution in [0.5, 0.6) is 11.5 Å². The van der Waals surface area contributed by atoms with Crippen LogP contribution in [0.3, 0.4) is 0 Å². The summed E-state index contributed by atoms with van der Waals surface area (Å²) in [6.45, 7) is 4.92. The van der Waals surface area contributed by atoms with Crippen LogP contribution in [0.4, 0.5) is 13.2 Å². The first-order valence-electron chi connectivity index (χ1n) is 8.76. The molecule has 0 aromatic heterocycles. The number of benzene rings is 2. The van der Waals surface area contributed by atoms with Gasteiger partial charge in [0.1, 0.15) is 18.1 Å². The van der Waals surface area contributed by atoms with Gasteiger partial charge in [0, 0.05) is 6.61 Å². The lowest BCUT2D eigenvalue weighted by atomic mass is 10.1. The van der Waals surface area contributed by atoms with Gasteiger partial charge in [-0.3, -0.25) is 4.79 Å². The molecule has 5 nitrogen and oxygen atoms in total. The predicted octanol–water partition coefficient (Wildman–Crippen LogP) is 4.49. The Balaban J connectivity index is 2.00. The van der Waals surface area contributed by atoms with Gasteiger partial charge in [-0.05, 0) is 43.7 Å². The number of hydrogen-bond acceptors (Lipinski definition) is 4. The van der Waals surface area contributed by atoms with E-state index in [-0.39, 0.29) is 11.7 Å². The van der Waals surface area contributed by atoms with E-state index in [2.05, 4.69) is 10.1 Å². The number of halogens is 3. The van der Waals surface area contributed by atoms with Crippen molar-refractivity contribution in [1.82, 2.24) is 5.32 Å². The molecule has 2 aromatic carbocycles. The number of carbonyl (C=O) groups excluding carboxylic acids is 1. The summed E-state index contributed by atoms with van der Waals surface area (Å²) in [5.41, 5.74) is 1.00. The van der Waals surface area contributed by atoms with E-state index in [9.17, 15) is 18.0 Å². The lowest BCUT2D eigenvalue weighted by Crippen LogP contribution is -2.27. The number of ether oxygens (including phenoxy) is 3. The van der Waals surface area contributed by atoms with Crippen molar-refractivity contribution >= 4 is 5.91 Å². The fraction of sp³-hybridized carbons (Fsp3) is 0.350. The highest BCUT2D eigenvalue weighted by Gasteiger charge is 2.31. The summed E-state index contributed by atoms with van der Waals surface area (Å²) in [7, 11) is 0. The van der Waals surface area contributed by atoms with Gasteiger partial charge in [-0.15, -0.1) is 13.2 Å². The molecule has 0 heterocycles. The zero-order valence-corrected chi connectivity index (χ0v) is 15.6. The molecule has 0 spiro atoms. The smallest absolute Gasteiger partial charge is 0.490 e. The van der Waals surface area contributed by atoms with Gasteiger partial charge in [0.2, 0.25) is 0 Å². The van der Waals surface area contributed by atoms with E-state index in [1.54, 1.807) is 31.2 Å². The molecule has 0 saturated carbocycles. The Morgan fingerprint density at radius 1 is 1.07 bits per heavy atom. The topological polar surface area (TPSA) is 56.8 Å². The van der Waals surface area contributed by atoms with Crippen LogP contribution in [-0.4, -0.2) is 32.1 Å². The zero-order chi connectivity index (χ0) is 20.6. The molecule has 0 aliphatic heterocycles. The van der Waals surface area contributed by atoms with Gasteiger partial charge in [0.05, 0.1) is 18.2 Å². The molecule has 0 aliphatic carbocycles. The molecule has 1 amide bonds. The number of alkyl halides is 3.